The number of fused-ring (bicyclic) bond motifs is 1. The van der Waals surface area contributed by atoms with Gasteiger partial charge in [0.25, 0.3) is 0 Å². The van der Waals surface area contributed by atoms with Crippen LogP contribution in [0.4, 0.5) is 5.69 Å². The fraction of sp³-hybridized carbons (Fsp3) is 0.409. The second kappa shape index (κ2) is 8.26. The summed E-state index contributed by atoms with van der Waals surface area (Å²) < 4.78 is 28.8. The number of benzene rings is 2. The lowest BCUT2D eigenvalue weighted by Crippen LogP contribution is -2.36. The highest BCUT2D eigenvalue weighted by Gasteiger charge is 2.27. The number of amides is 1. The number of nitrogens with one attached hydrogen (secondary N) is 1. The molecule has 29 heavy (non-hydrogen) atoms. The summed E-state index contributed by atoms with van der Waals surface area (Å²) >= 11 is 0. The lowest BCUT2D eigenvalue weighted by molar-refractivity contribution is -0.116. The monoisotopic (exact) mass is 413 g/mol. The fourth-order valence-corrected chi connectivity index (χ4v) is 5.42. The van der Waals surface area contributed by atoms with E-state index in [2.05, 4.69) is 21.8 Å². The Kier molecular flexibility index (Phi) is 5.72. The topological polar surface area (TPSA) is 69.7 Å². The molecule has 0 bridgehead atoms. The Morgan fingerprint density at radius 1 is 1.07 bits per heavy atom. The molecule has 0 radical (unpaired) electrons. The van der Waals surface area contributed by atoms with Gasteiger partial charge in [-0.05, 0) is 61.7 Å². The van der Waals surface area contributed by atoms with Crippen molar-refractivity contribution in [3.8, 4) is 0 Å². The van der Waals surface area contributed by atoms with Gasteiger partial charge in [0, 0.05) is 31.7 Å². The van der Waals surface area contributed by atoms with Crippen molar-refractivity contribution >= 4 is 21.6 Å². The average Bonchev–Trinajstić information content (AvgIpc) is 3.38. The smallest absolute Gasteiger partial charge is 0.240 e. The van der Waals surface area contributed by atoms with Crippen LogP contribution in [0.1, 0.15) is 36.9 Å². The molecule has 2 aliphatic heterocycles. The van der Waals surface area contributed by atoms with E-state index in [1.807, 2.05) is 18.2 Å². The van der Waals surface area contributed by atoms with Gasteiger partial charge in [0.2, 0.25) is 15.9 Å². The SMILES string of the molecule is CC(=O)N1CCc2cc(S(=O)(=O)NCC(c3ccccc3)N3CCCC3)ccc21. The number of nitrogens with zero attached hydrogens (tertiary/aromatic N) is 2. The number of carbonyl (C=O) groups is 1. The summed E-state index contributed by atoms with van der Waals surface area (Å²) in [5.41, 5.74) is 2.85. The summed E-state index contributed by atoms with van der Waals surface area (Å²) in [5.74, 6) is -0.0196. The molecule has 0 saturated carbocycles. The molecule has 1 fully saturated rings. The van der Waals surface area contributed by atoms with Gasteiger partial charge in [0.1, 0.15) is 0 Å². The standard InChI is InChI=1S/C22H27N3O3S/c1-17(26)25-14-11-19-15-20(9-10-21(19)25)29(27,28)23-16-22(24-12-5-6-13-24)18-7-3-2-4-8-18/h2-4,7-10,15,22-23H,5-6,11-14,16H2,1H3. The van der Waals surface area contributed by atoms with Gasteiger partial charge in [-0.25, -0.2) is 13.1 Å². The van der Waals surface area contributed by atoms with Crippen molar-refractivity contribution in [1.82, 2.24) is 9.62 Å². The summed E-state index contributed by atoms with van der Waals surface area (Å²) in [5, 5.41) is 0. The maximum absolute atomic E-state index is 13.0. The van der Waals surface area contributed by atoms with Crippen LogP contribution in [0.3, 0.4) is 0 Å². The molecule has 0 aliphatic carbocycles. The minimum Gasteiger partial charge on any atom is -0.312 e. The van der Waals surface area contributed by atoms with Crippen molar-refractivity contribution in [2.24, 2.45) is 0 Å². The van der Waals surface area contributed by atoms with Gasteiger partial charge in [-0.3, -0.25) is 9.69 Å². The quantitative estimate of drug-likeness (QED) is 0.791. The average molecular weight is 414 g/mol. The summed E-state index contributed by atoms with van der Waals surface area (Å²) in [7, 11) is -3.63. The Bertz CT molecular complexity index is 986. The first-order chi connectivity index (χ1) is 14.0. The first kappa shape index (κ1) is 20.1. The van der Waals surface area contributed by atoms with Gasteiger partial charge in [-0.15, -0.1) is 0 Å². The van der Waals surface area contributed by atoms with E-state index in [-0.39, 0.29) is 16.8 Å². The largest absolute Gasteiger partial charge is 0.312 e. The van der Waals surface area contributed by atoms with Crippen LogP contribution in [-0.4, -0.2) is 45.4 Å². The number of rotatable bonds is 6. The number of hydrogen-bond acceptors (Lipinski definition) is 4. The number of sulfonamides is 1. The molecule has 2 aromatic carbocycles. The zero-order valence-electron chi connectivity index (χ0n) is 16.7. The zero-order valence-corrected chi connectivity index (χ0v) is 17.5. The molecule has 6 nitrogen and oxygen atoms in total. The summed E-state index contributed by atoms with van der Waals surface area (Å²) in [4.78, 5) is 16.0. The molecule has 1 N–H and O–H groups in total. The number of hydrogen-bond donors (Lipinski definition) is 1. The zero-order chi connectivity index (χ0) is 20.4. The molecule has 1 atom stereocenters. The van der Waals surface area contributed by atoms with Gasteiger partial charge >= 0.3 is 0 Å². The van der Waals surface area contributed by atoms with Crippen molar-refractivity contribution in [3.05, 3.63) is 59.7 Å². The number of likely N-dealkylation sites (tertiary alicyclic amines) is 1. The molecule has 4 rings (SSSR count). The highest BCUT2D eigenvalue weighted by Crippen LogP contribution is 2.30. The molecule has 2 heterocycles. The summed E-state index contributed by atoms with van der Waals surface area (Å²) in [6.07, 6.45) is 2.97. The summed E-state index contributed by atoms with van der Waals surface area (Å²) in [6.45, 7) is 4.45. The van der Waals surface area contributed by atoms with Crippen LogP contribution in [0, 0.1) is 0 Å². The molecular weight excluding hydrogens is 386 g/mol. The van der Waals surface area contributed by atoms with Crippen LogP contribution < -0.4 is 9.62 Å². The molecule has 1 amide bonds. The summed E-state index contributed by atoms with van der Waals surface area (Å²) in [6, 6.07) is 15.1. The lowest BCUT2D eigenvalue weighted by Gasteiger charge is -2.28. The first-order valence-electron chi connectivity index (χ1n) is 10.2. The second-order valence-corrected chi connectivity index (χ2v) is 9.50. The van der Waals surface area contributed by atoms with Crippen LogP contribution in [0.25, 0.3) is 0 Å². The number of carbonyl (C=O) groups excluding carboxylic acids is 1. The predicted octanol–water partition coefficient (Wildman–Crippen LogP) is 2.71. The van der Waals surface area contributed by atoms with E-state index >= 15 is 0 Å². The maximum atomic E-state index is 13.0. The molecule has 0 aromatic heterocycles. The van der Waals surface area contributed by atoms with Gasteiger partial charge < -0.3 is 4.90 Å². The van der Waals surface area contributed by atoms with E-state index in [4.69, 9.17) is 0 Å². The second-order valence-electron chi connectivity index (χ2n) is 7.73. The lowest BCUT2D eigenvalue weighted by atomic mass is 10.1. The third kappa shape index (κ3) is 4.22. The molecule has 1 saturated heterocycles. The van der Waals surface area contributed by atoms with E-state index in [1.165, 1.54) is 6.92 Å². The predicted molar refractivity (Wildman–Crippen MR) is 113 cm³/mol. The maximum Gasteiger partial charge on any atom is 0.240 e. The van der Waals surface area contributed by atoms with E-state index in [0.29, 0.717) is 19.5 Å². The Balaban J connectivity index is 1.53. The Labute approximate surface area is 172 Å². The molecule has 2 aromatic rings. The van der Waals surface area contributed by atoms with Gasteiger partial charge in [-0.1, -0.05) is 30.3 Å². The molecule has 0 spiro atoms. The van der Waals surface area contributed by atoms with E-state index in [0.717, 1.165) is 42.7 Å². The molecule has 2 aliphatic rings. The van der Waals surface area contributed by atoms with E-state index in [9.17, 15) is 13.2 Å². The Morgan fingerprint density at radius 2 is 1.79 bits per heavy atom. The van der Waals surface area contributed by atoms with Crippen LogP contribution in [0.15, 0.2) is 53.4 Å². The Hall–Kier alpha value is -2.22. The van der Waals surface area contributed by atoms with Gasteiger partial charge in [0.05, 0.1) is 4.90 Å². The molecule has 1 unspecified atom stereocenters. The van der Waals surface area contributed by atoms with Crippen LogP contribution >= 0.6 is 0 Å². The highest BCUT2D eigenvalue weighted by atomic mass is 32.2. The third-order valence-corrected chi connectivity index (χ3v) is 7.29. The van der Waals surface area contributed by atoms with Crippen molar-refractivity contribution in [1.29, 1.82) is 0 Å². The van der Waals surface area contributed by atoms with Crippen molar-refractivity contribution in [2.45, 2.75) is 37.1 Å². The van der Waals surface area contributed by atoms with Crippen LogP contribution in [-0.2, 0) is 21.2 Å². The highest BCUT2D eigenvalue weighted by molar-refractivity contribution is 7.89. The molecule has 154 valence electrons. The third-order valence-electron chi connectivity index (χ3n) is 5.87. The van der Waals surface area contributed by atoms with Crippen LogP contribution in [0.2, 0.25) is 0 Å². The van der Waals surface area contributed by atoms with Gasteiger partial charge in [-0.2, -0.15) is 0 Å². The van der Waals surface area contributed by atoms with Crippen molar-refractivity contribution < 1.29 is 13.2 Å². The normalized spacial score (nSPS) is 18.0. The number of anilines is 1. The molecular formula is C22H27N3O3S. The van der Waals surface area contributed by atoms with Gasteiger partial charge in [0.15, 0.2) is 0 Å². The van der Waals surface area contributed by atoms with Crippen molar-refractivity contribution in [3.63, 3.8) is 0 Å². The fourth-order valence-electron chi connectivity index (χ4n) is 4.33. The van der Waals surface area contributed by atoms with Crippen LogP contribution in [0.5, 0.6) is 0 Å². The first-order valence-corrected chi connectivity index (χ1v) is 11.6. The molecule has 7 heteroatoms. The minimum absolute atomic E-state index is 0.0196. The Morgan fingerprint density at radius 3 is 2.48 bits per heavy atom. The van der Waals surface area contributed by atoms with E-state index in [1.54, 1.807) is 23.1 Å². The minimum atomic E-state index is -3.63. The van der Waals surface area contributed by atoms with Crippen molar-refractivity contribution in [2.75, 3.05) is 31.1 Å². The van der Waals surface area contributed by atoms with E-state index < -0.39 is 10.0 Å².